The van der Waals surface area contributed by atoms with Gasteiger partial charge in [-0.3, -0.25) is 9.59 Å². The molecule has 2 aliphatic rings. The largest absolute Gasteiger partial charge is 0.480 e. The zero-order chi connectivity index (χ0) is 20.6. The van der Waals surface area contributed by atoms with Crippen molar-refractivity contribution < 1.29 is 24.2 Å². The first-order chi connectivity index (χ1) is 13.9. The topological polar surface area (TPSA) is 95.9 Å². The molecular weight excluding hydrogens is 372 g/mol. The van der Waals surface area contributed by atoms with Gasteiger partial charge in [-0.15, -0.1) is 0 Å². The second kappa shape index (κ2) is 7.24. The van der Waals surface area contributed by atoms with Crippen LogP contribution in [0.3, 0.4) is 0 Å². The molecule has 3 atom stereocenters. The first-order valence-corrected chi connectivity index (χ1v) is 9.52. The van der Waals surface area contributed by atoms with E-state index >= 15 is 0 Å². The number of likely N-dealkylation sites (tertiary alicyclic amines) is 1. The summed E-state index contributed by atoms with van der Waals surface area (Å²) in [5.41, 5.74) is 0.294. The van der Waals surface area contributed by atoms with Crippen LogP contribution in [-0.2, 0) is 9.59 Å². The molecule has 1 saturated heterocycles. The summed E-state index contributed by atoms with van der Waals surface area (Å²) >= 11 is 0. The molecule has 7 nitrogen and oxygen atoms in total. The van der Waals surface area contributed by atoms with Crippen LogP contribution in [0.25, 0.3) is 0 Å². The number of carboxylic acid groups (broad SMARTS) is 1. The normalized spacial score (nSPS) is 24.5. The average molecular weight is 394 g/mol. The summed E-state index contributed by atoms with van der Waals surface area (Å²) in [6.07, 6.45) is 1.29. The van der Waals surface area contributed by atoms with Crippen LogP contribution in [0, 0.1) is 5.41 Å². The third-order valence-corrected chi connectivity index (χ3v) is 5.70. The number of amides is 2. The second-order valence-corrected chi connectivity index (χ2v) is 7.86. The number of nitrogens with one attached hydrogen (secondary N) is 1. The predicted molar refractivity (Wildman–Crippen MR) is 105 cm³/mol. The van der Waals surface area contributed by atoms with E-state index in [1.54, 1.807) is 24.3 Å². The molecule has 2 aromatic rings. The summed E-state index contributed by atoms with van der Waals surface area (Å²) in [5, 5.41) is 12.0. The fourth-order valence-corrected chi connectivity index (χ4v) is 4.00. The fraction of sp³-hybridized carbons (Fsp3) is 0.318. The third-order valence-electron chi connectivity index (χ3n) is 5.70. The Bertz CT molecular complexity index is 943. The van der Waals surface area contributed by atoms with E-state index in [-0.39, 0.29) is 23.9 Å². The van der Waals surface area contributed by atoms with Crippen LogP contribution in [0.2, 0.25) is 0 Å². The van der Waals surface area contributed by atoms with Crippen molar-refractivity contribution in [2.45, 2.75) is 31.8 Å². The van der Waals surface area contributed by atoms with Crippen LogP contribution >= 0.6 is 0 Å². The van der Waals surface area contributed by atoms with Crippen LogP contribution in [0.1, 0.15) is 30.1 Å². The Morgan fingerprint density at radius 2 is 1.72 bits per heavy atom. The maximum absolute atomic E-state index is 12.6. The number of carbonyl (C=O) groups excluding carboxylic acids is 2. The molecule has 0 radical (unpaired) electrons. The van der Waals surface area contributed by atoms with E-state index in [4.69, 9.17) is 4.74 Å². The van der Waals surface area contributed by atoms with E-state index in [1.165, 1.54) is 4.90 Å². The molecule has 29 heavy (non-hydrogen) atoms. The van der Waals surface area contributed by atoms with Gasteiger partial charge in [0.15, 0.2) is 0 Å². The molecule has 0 aromatic heterocycles. The van der Waals surface area contributed by atoms with Crippen molar-refractivity contribution in [1.82, 2.24) is 10.2 Å². The molecule has 2 aromatic carbocycles. The number of benzene rings is 2. The van der Waals surface area contributed by atoms with Crippen molar-refractivity contribution in [3.05, 3.63) is 60.2 Å². The minimum absolute atomic E-state index is 0.0394. The first-order valence-electron chi connectivity index (χ1n) is 9.52. The number of carbonyl (C=O) groups is 3. The molecule has 1 aliphatic carbocycles. The number of hydrogen-bond donors (Lipinski definition) is 2. The number of aliphatic carboxylic acids is 1. The van der Waals surface area contributed by atoms with E-state index < -0.39 is 17.9 Å². The van der Waals surface area contributed by atoms with Crippen molar-refractivity contribution in [3.8, 4) is 11.5 Å². The predicted octanol–water partition coefficient (Wildman–Crippen LogP) is 2.67. The summed E-state index contributed by atoms with van der Waals surface area (Å²) in [4.78, 5) is 37.8. The number of ether oxygens (including phenoxy) is 1. The lowest BCUT2D eigenvalue weighted by molar-refractivity contribution is -0.149. The SMILES string of the molecule is CC12CC(C(=O)O)N(C(=O)CNC(=O)c3ccc(Oc4ccccc4)cc3)C1C2. The van der Waals surface area contributed by atoms with Crippen molar-refractivity contribution in [3.63, 3.8) is 0 Å². The molecule has 7 heteroatoms. The summed E-state index contributed by atoms with van der Waals surface area (Å²) in [6, 6.07) is 15.0. The molecule has 3 unspecified atom stereocenters. The Morgan fingerprint density at radius 1 is 1.07 bits per heavy atom. The smallest absolute Gasteiger partial charge is 0.326 e. The van der Waals surface area contributed by atoms with Crippen molar-refractivity contribution in [2.75, 3.05) is 6.54 Å². The Balaban J connectivity index is 1.34. The highest BCUT2D eigenvalue weighted by atomic mass is 16.5. The van der Waals surface area contributed by atoms with Crippen LogP contribution in [0.4, 0.5) is 0 Å². The lowest BCUT2D eigenvalue weighted by Gasteiger charge is -2.24. The summed E-state index contributed by atoms with van der Waals surface area (Å²) < 4.78 is 5.69. The Morgan fingerprint density at radius 3 is 2.38 bits per heavy atom. The van der Waals surface area contributed by atoms with E-state index in [2.05, 4.69) is 5.32 Å². The number of piperidine rings is 1. The van der Waals surface area contributed by atoms with E-state index in [0.717, 1.165) is 6.42 Å². The Kier molecular flexibility index (Phi) is 4.74. The van der Waals surface area contributed by atoms with Crippen LogP contribution in [0.5, 0.6) is 11.5 Å². The second-order valence-electron chi connectivity index (χ2n) is 7.86. The van der Waals surface area contributed by atoms with Gasteiger partial charge in [0.1, 0.15) is 17.5 Å². The highest BCUT2D eigenvalue weighted by Gasteiger charge is 2.64. The van der Waals surface area contributed by atoms with Gasteiger partial charge in [-0.05, 0) is 54.7 Å². The molecule has 0 spiro atoms. The number of hydrogen-bond acceptors (Lipinski definition) is 4. The molecule has 4 rings (SSSR count). The first kappa shape index (κ1) is 19.0. The average Bonchev–Trinajstić information content (AvgIpc) is 3.27. The summed E-state index contributed by atoms with van der Waals surface area (Å²) in [7, 11) is 0. The number of para-hydroxylation sites is 1. The maximum atomic E-state index is 12.6. The molecule has 2 fully saturated rings. The Hall–Kier alpha value is -3.35. The molecule has 150 valence electrons. The van der Waals surface area contributed by atoms with Crippen LogP contribution in [0.15, 0.2) is 54.6 Å². The summed E-state index contributed by atoms with van der Waals surface area (Å²) in [5.74, 6) is -0.457. The highest BCUT2D eigenvalue weighted by molar-refractivity contribution is 5.97. The highest BCUT2D eigenvalue weighted by Crippen LogP contribution is 2.59. The molecule has 1 aliphatic heterocycles. The van der Waals surface area contributed by atoms with Gasteiger partial charge >= 0.3 is 5.97 Å². The van der Waals surface area contributed by atoms with E-state index in [9.17, 15) is 19.5 Å². The number of rotatable bonds is 6. The van der Waals surface area contributed by atoms with Gasteiger partial charge in [0, 0.05) is 11.6 Å². The zero-order valence-corrected chi connectivity index (χ0v) is 16.0. The van der Waals surface area contributed by atoms with Crippen molar-refractivity contribution >= 4 is 17.8 Å². The van der Waals surface area contributed by atoms with E-state index in [0.29, 0.717) is 23.5 Å². The van der Waals surface area contributed by atoms with Gasteiger partial charge in [-0.2, -0.15) is 0 Å². The van der Waals surface area contributed by atoms with Crippen LogP contribution in [-0.4, -0.2) is 46.4 Å². The lowest BCUT2D eigenvalue weighted by atomic mass is 10.0. The standard InChI is InChI=1S/C22H22N2O5/c1-22-11-17(21(27)28)24(18(22)12-22)19(25)13-23-20(26)14-7-9-16(10-8-14)29-15-5-3-2-4-6-15/h2-10,17-18H,11-13H2,1H3,(H,23,26)(H,27,28). The van der Waals surface area contributed by atoms with Gasteiger partial charge in [0.05, 0.1) is 6.54 Å². The molecule has 2 N–H and O–H groups in total. The van der Waals surface area contributed by atoms with Gasteiger partial charge in [0.2, 0.25) is 5.91 Å². The van der Waals surface area contributed by atoms with Crippen LogP contribution < -0.4 is 10.1 Å². The monoisotopic (exact) mass is 394 g/mol. The lowest BCUT2D eigenvalue weighted by Crippen LogP contribution is -2.47. The van der Waals surface area contributed by atoms with Crippen molar-refractivity contribution in [1.29, 1.82) is 0 Å². The van der Waals surface area contributed by atoms with Gasteiger partial charge in [0.25, 0.3) is 5.91 Å². The van der Waals surface area contributed by atoms with Gasteiger partial charge < -0.3 is 20.1 Å². The molecule has 2 amide bonds. The third kappa shape index (κ3) is 3.81. The zero-order valence-electron chi connectivity index (χ0n) is 16.0. The summed E-state index contributed by atoms with van der Waals surface area (Å²) in [6.45, 7) is 1.77. The minimum Gasteiger partial charge on any atom is -0.480 e. The minimum atomic E-state index is -0.993. The molecular formula is C22H22N2O5. The van der Waals surface area contributed by atoms with Crippen molar-refractivity contribution in [2.24, 2.45) is 5.41 Å². The molecule has 0 bridgehead atoms. The number of fused-ring (bicyclic) bond motifs is 1. The Labute approximate surface area is 168 Å². The quantitative estimate of drug-likeness (QED) is 0.785. The van der Waals surface area contributed by atoms with Gasteiger partial charge in [-0.25, -0.2) is 4.79 Å². The fourth-order valence-electron chi connectivity index (χ4n) is 4.00. The number of carboxylic acids is 1. The molecule has 1 saturated carbocycles. The van der Waals surface area contributed by atoms with E-state index in [1.807, 2.05) is 37.3 Å². The molecule has 1 heterocycles. The number of nitrogens with zero attached hydrogens (tertiary/aromatic N) is 1. The van der Waals surface area contributed by atoms with Gasteiger partial charge in [-0.1, -0.05) is 25.1 Å². The maximum Gasteiger partial charge on any atom is 0.326 e.